The minimum Gasteiger partial charge on any atom is -0.480 e. The van der Waals surface area contributed by atoms with E-state index in [0.29, 0.717) is 5.69 Å². The lowest BCUT2D eigenvalue weighted by Gasteiger charge is -2.09. The summed E-state index contributed by atoms with van der Waals surface area (Å²) in [5, 5.41) is 13.7. The van der Waals surface area contributed by atoms with E-state index in [-0.39, 0.29) is 17.4 Å². The van der Waals surface area contributed by atoms with E-state index in [1.165, 1.54) is 6.92 Å². The third-order valence-corrected chi connectivity index (χ3v) is 3.48. The Labute approximate surface area is 127 Å². The lowest BCUT2D eigenvalue weighted by Crippen LogP contribution is -2.39. The van der Waals surface area contributed by atoms with Gasteiger partial charge in [0.1, 0.15) is 6.04 Å². The molecule has 0 aliphatic carbocycles. The number of carboxylic acid groups (broad SMARTS) is 1. The van der Waals surface area contributed by atoms with Gasteiger partial charge in [-0.25, -0.2) is 0 Å². The van der Waals surface area contributed by atoms with E-state index in [9.17, 15) is 14.4 Å². The number of carboxylic acids is 1. The third kappa shape index (κ3) is 6.80. The Bertz CT molecular complexity index is 516. The number of aliphatic carboxylic acids is 1. The van der Waals surface area contributed by atoms with Crippen molar-refractivity contribution in [3.63, 3.8) is 0 Å². The van der Waals surface area contributed by atoms with Crippen molar-refractivity contribution in [3.8, 4) is 0 Å². The number of thioether (sulfide) groups is 1. The molecule has 21 heavy (non-hydrogen) atoms. The number of anilines is 1. The molecule has 7 heteroatoms. The minimum atomic E-state index is -1.09. The van der Waals surface area contributed by atoms with E-state index in [1.807, 2.05) is 19.1 Å². The van der Waals surface area contributed by atoms with Gasteiger partial charge in [-0.2, -0.15) is 0 Å². The Kier molecular flexibility index (Phi) is 6.74. The van der Waals surface area contributed by atoms with Gasteiger partial charge in [0.05, 0.1) is 11.5 Å². The average molecular weight is 310 g/mol. The van der Waals surface area contributed by atoms with Crippen molar-refractivity contribution < 1.29 is 19.5 Å². The zero-order valence-electron chi connectivity index (χ0n) is 11.9. The zero-order valence-corrected chi connectivity index (χ0v) is 12.7. The molecule has 0 saturated carbocycles. The lowest BCUT2D eigenvalue weighted by atomic mass is 10.2. The molecule has 0 aliphatic heterocycles. The SMILES string of the molecule is Cc1ccc(NC(=O)CSCC(=O)N[C@H](C)C(=O)O)cc1. The van der Waals surface area contributed by atoms with Crippen LogP contribution < -0.4 is 10.6 Å². The van der Waals surface area contributed by atoms with Crippen molar-refractivity contribution >= 4 is 35.2 Å². The van der Waals surface area contributed by atoms with Crippen LogP contribution in [0, 0.1) is 6.92 Å². The second kappa shape index (κ2) is 8.31. The summed E-state index contributed by atoms with van der Waals surface area (Å²) in [5.41, 5.74) is 1.81. The number of carbonyl (C=O) groups excluding carboxylic acids is 2. The summed E-state index contributed by atoms with van der Waals surface area (Å²) in [4.78, 5) is 33.6. The molecule has 1 rings (SSSR count). The van der Waals surface area contributed by atoms with Gasteiger partial charge in [-0.1, -0.05) is 17.7 Å². The van der Waals surface area contributed by atoms with Crippen molar-refractivity contribution in [1.29, 1.82) is 0 Å². The molecule has 1 atom stereocenters. The van der Waals surface area contributed by atoms with Crippen LogP contribution in [0.15, 0.2) is 24.3 Å². The molecule has 0 aromatic heterocycles. The second-order valence-electron chi connectivity index (χ2n) is 4.53. The average Bonchev–Trinajstić information content (AvgIpc) is 2.41. The highest BCUT2D eigenvalue weighted by Crippen LogP contribution is 2.09. The quantitative estimate of drug-likeness (QED) is 0.704. The van der Waals surface area contributed by atoms with Crippen LogP contribution in [-0.4, -0.2) is 40.4 Å². The van der Waals surface area contributed by atoms with Gasteiger partial charge in [0.25, 0.3) is 0 Å². The maximum absolute atomic E-state index is 11.7. The Morgan fingerprint density at radius 3 is 2.29 bits per heavy atom. The van der Waals surface area contributed by atoms with Gasteiger partial charge in [-0.3, -0.25) is 14.4 Å². The number of amides is 2. The molecule has 114 valence electrons. The fourth-order valence-electron chi connectivity index (χ4n) is 1.42. The maximum Gasteiger partial charge on any atom is 0.325 e. The van der Waals surface area contributed by atoms with Crippen LogP contribution in [0.4, 0.5) is 5.69 Å². The standard InChI is InChI=1S/C14H18N2O4S/c1-9-3-5-11(6-4-9)16-13(18)8-21-7-12(17)15-10(2)14(19)20/h3-6,10H,7-8H2,1-2H3,(H,15,17)(H,16,18)(H,19,20)/t10-/m1/s1. The molecule has 0 aliphatic rings. The van der Waals surface area contributed by atoms with Gasteiger partial charge >= 0.3 is 5.97 Å². The molecular formula is C14H18N2O4S. The molecular weight excluding hydrogens is 292 g/mol. The number of aryl methyl sites for hydroxylation is 1. The minimum absolute atomic E-state index is 0.0406. The monoisotopic (exact) mass is 310 g/mol. The number of hydrogen-bond donors (Lipinski definition) is 3. The van der Waals surface area contributed by atoms with Crippen molar-refractivity contribution in [2.45, 2.75) is 19.9 Å². The molecule has 0 heterocycles. The van der Waals surface area contributed by atoms with E-state index in [0.717, 1.165) is 17.3 Å². The third-order valence-electron chi connectivity index (χ3n) is 2.55. The van der Waals surface area contributed by atoms with Gasteiger partial charge in [-0.15, -0.1) is 11.8 Å². The van der Waals surface area contributed by atoms with E-state index in [2.05, 4.69) is 10.6 Å². The van der Waals surface area contributed by atoms with E-state index >= 15 is 0 Å². The van der Waals surface area contributed by atoms with Crippen LogP contribution in [-0.2, 0) is 14.4 Å². The topological polar surface area (TPSA) is 95.5 Å². The number of benzene rings is 1. The predicted octanol–water partition coefficient (Wildman–Crippen LogP) is 1.26. The Morgan fingerprint density at radius 1 is 1.14 bits per heavy atom. The fraction of sp³-hybridized carbons (Fsp3) is 0.357. The van der Waals surface area contributed by atoms with E-state index < -0.39 is 17.9 Å². The molecule has 0 bridgehead atoms. The van der Waals surface area contributed by atoms with Crippen molar-refractivity contribution in [1.82, 2.24) is 5.32 Å². The number of nitrogens with one attached hydrogen (secondary N) is 2. The maximum atomic E-state index is 11.7. The van der Waals surface area contributed by atoms with Gasteiger partial charge in [0, 0.05) is 5.69 Å². The van der Waals surface area contributed by atoms with Crippen molar-refractivity contribution in [3.05, 3.63) is 29.8 Å². The second-order valence-corrected chi connectivity index (χ2v) is 5.52. The van der Waals surface area contributed by atoms with Crippen LogP contribution in [0.5, 0.6) is 0 Å². The molecule has 6 nitrogen and oxygen atoms in total. The van der Waals surface area contributed by atoms with E-state index in [1.54, 1.807) is 12.1 Å². The van der Waals surface area contributed by atoms with Crippen molar-refractivity contribution in [2.75, 3.05) is 16.8 Å². The number of carbonyl (C=O) groups is 3. The highest BCUT2D eigenvalue weighted by molar-refractivity contribution is 8.00. The summed E-state index contributed by atoms with van der Waals surface area (Å²) in [6.07, 6.45) is 0. The predicted molar refractivity (Wildman–Crippen MR) is 82.4 cm³/mol. The van der Waals surface area contributed by atoms with Crippen molar-refractivity contribution in [2.24, 2.45) is 0 Å². The first kappa shape index (κ1) is 17.0. The molecule has 0 unspecified atom stereocenters. The van der Waals surface area contributed by atoms with Gasteiger partial charge in [-0.05, 0) is 26.0 Å². The molecule has 0 saturated heterocycles. The summed E-state index contributed by atoms with van der Waals surface area (Å²) in [6.45, 7) is 3.34. The summed E-state index contributed by atoms with van der Waals surface area (Å²) < 4.78 is 0. The smallest absolute Gasteiger partial charge is 0.325 e. The van der Waals surface area contributed by atoms with Crippen LogP contribution >= 0.6 is 11.8 Å². The van der Waals surface area contributed by atoms with Crippen LogP contribution in [0.3, 0.4) is 0 Å². The number of hydrogen-bond acceptors (Lipinski definition) is 4. The molecule has 2 amide bonds. The highest BCUT2D eigenvalue weighted by atomic mass is 32.2. The summed E-state index contributed by atoms with van der Waals surface area (Å²) in [7, 11) is 0. The Balaban J connectivity index is 2.26. The molecule has 0 fully saturated rings. The Morgan fingerprint density at radius 2 is 1.71 bits per heavy atom. The molecule has 1 aromatic rings. The first-order chi connectivity index (χ1) is 9.88. The first-order valence-corrected chi connectivity index (χ1v) is 7.50. The molecule has 0 radical (unpaired) electrons. The fourth-order valence-corrected chi connectivity index (χ4v) is 2.04. The zero-order chi connectivity index (χ0) is 15.8. The van der Waals surface area contributed by atoms with E-state index in [4.69, 9.17) is 5.11 Å². The first-order valence-electron chi connectivity index (χ1n) is 6.35. The van der Waals surface area contributed by atoms with Gasteiger partial charge in [0.2, 0.25) is 11.8 Å². The largest absolute Gasteiger partial charge is 0.480 e. The highest BCUT2D eigenvalue weighted by Gasteiger charge is 2.14. The molecule has 1 aromatic carbocycles. The lowest BCUT2D eigenvalue weighted by molar-refractivity contribution is -0.140. The van der Waals surface area contributed by atoms with Crippen LogP contribution in [0.1, 0.15) is 12.5 Å². The van der Waals surface area contributed by atoms with Gasteiger partial charge < -0.3 is 15.7 Å². The van der Waals surface area contributed by atoms with Gasteiger partial charge in [0.15, 0.2) is 0 Å². The normalized spacial score (nSPS) is 11.5. The summed E-state index contributed by atoms with van der Waals surface area (Å²) >= 11 is 1.13. The van der Waals surface area contributed by atoms with Crippen LogP contribution in [0.25, 0.3) is 0 Å². The van der Waals surface area contributed by atoms with Crippen LogP contribution in [0.2, 0.25) is 0 Å². The molecule has 0 spiro atoms. The summed E-state index contributed by atoms with van der Waals surface area (Å²) in [6, 6.07) is 6.46. The Hall–Kier alpha value is -2.02. The summed E-state index contributed by atoms with van der Waals surface area (Å²) in [5.74, 6) is -1.53. The number of rotatable bonds is 7. The molecule has 3 N–H and O–H groups in total.